The molecule has 0 bridgehead atoms. The van der Waals surface area contributed by atoms with Crippen molar-refractivity contribution in [2.75, 3.05) is 38.7 Å². The van der Waals surface area contributed by atoms with E-state index in [4.69, 9.17) is 4.74 Å². The molecule has 0 unspecified atom stereocenters. The number of amides is 1. The highest BCUT2D eigenvalue weighted by atomic mass is 16.5. The normalized spacial score (nSPS) is 22.9. The molecule has 1 aliphatic heterocycles. The fraction of sp³-hybridized carbons (Fsp3) is 0.667. The van der Waals surface area contributed by atoms with Gasteiger partial charge >= 0.3 is 0 Å². The summed E-state index contributed by atoms with van der Waals surface area (Å²) in [5.74, 6) is 0.579. The average molecular weight is 343 g/mol. The number of nitrogens with zero attached hydrogens (tertiary/aromatic N) is 5. The molecule has 3 rings (SSSR count). The number of carbonyl (C=O) groups is 1. The molecule has 1 aromatic rings. The van der Waals surface area contributed by atoms with E-state index in [1.807, 2.05) is 25.1 Å². The van der Waals surface area contributed by atoms with Gasteiger partial charge in [-0.2, -0.15) is 5.26 Å². The first-order valence-corrected chi connectivity index (χ1v) is 8.88. The van der Waals surface area contributed by atoms with Crippen LogP contribution >= 0.6 is 0 Å². The average Bonchev–Trinajstić information content (AvgIpc) is 2.68. The summed E-state index contributed by atoms with van der Waals surface area (Å²) in [5.41, 5.74) is -0.0773. The van der Waals surface area contributed by atoms with Gasteiger partial charge in [0.25, 0.3) is 0 Å². The molecular weight excluding hydrogens is 318 g/mol. The van der Waals surface area contributed by atoms with Crippen LogP contribution in [0.2, 0.25) is 0 Å². The molecule has 7 heteroatoms. The van der Waals surface area contributed by atoms with Crippen molar-refractivity contribution in [3.05, 3.63) is 18.0 Å². The molecule has 7 nitrogen and oxygen atoms in total. The van der Waals surface area contributed by atoms with E-state index in [0.717, 1.165) is 25.0 Å². The zero-order valence-corrected chi connectivity index (χ0v) is 14.9. The predicted molar refractivity (Wildman–Crippen MR) is 92.8 cm³/mol. The maximum atomic E-state index is 13.1. The summed E-state index contributed by atoms with van der Waals surface area (Å²) >= 11 is 0. The van der Waals surface area contributed by atoms with Crippen LogP contribution in [0.4, 0.5) is 5.95 Å². The number of carbonyl (C=O) groups excluding carboxylic acids is 1. The molecule has 1 atom stereocenters. The zero-order valence-electron chi connectivity index (χ0n) is 14.9. The first kappa shape index (κ1) is 17.6. The molecule has 0 N–H and O–H groups in total. The second kappa shape index (κ2) is 7.36. The summed E-state index contributed by atoms with van der Waals surface area (Å²) in [7, 11) is 3.77. The van der Waals surface area contributed by atoms with Crippen LogP contribution in [0.5, 0.6) is 0 Å². The molecular formula is C18H25N5O2. The Morgan fingerprint density at radius 2 is 2.16 bits per heavy atom. The molecule has 134 valence electrons. The lowest BCUT2D eigenvalue weighted by atomic mass is 9.74. The summed E-state index contributed by atoms with van der Waals surface area (Å²) in [6, 6.07) is 4.15. The highest BCUT2D eigenvalue weighted by molar-refractivity contribution is 5.85. The Balaban J connectivity index is 1.76. The predicted octanol–water partition coefficient (Wildman–Crippen LogP) is 1.92. The molecule has 1 saturated carbocycles. The Hall–Kier alpha value is -2.20. The highest BCUT2D eigenvalue weighted by Crippen LogP contribution is 2.38. The summed E-state index contributed by atoms with van der Waals surface area (Å²) < 4.78 is 5.85. The van der Waals surface area contributed by atoms with Crippen molar-refractivity contribution in [3.63, 3.8) is 0 Å². The third-order valence-electron chi connectivity index (χ3n) is 5.08. The second-order valence-corrected chi connectivity index (χ2v) is 7.04. The molecule has 1 amide bonds. The first-order chi connectivity index (χ1) is 12.1. The Kier molecular flexibility index (Phi) is 5.19. The topological polar surface area (TPSA) is 82.4 Å². The minimum atomic E-state index is -0.847. The standard InChI is InChI=1S/C18H25N5O2/c1-22(2)17-20-9-6-14(21-17)15-12-23(10-11-25-15)16(24)18(13-19)7-4-3-5-8-18/h6,9,15H,3-5,7-8,10-12H2,1-2H3/t15-/m1/s1. The minimum Gasteiger partial charge on any atom is -0.368 e. The molecule has 0 spiro atoms. The van der Waals surface area contributed by atoms with E-state index in [9.17, 15) is 10.1 Å². The maximum Gasteiger partial charge on any atom is 0.243 e. The van der Waals surface area contributed by atoms with Gasteiger partial charge in [-0.25, -0.2) is 9.97 Å². The van der Waals surface area contributed by atoms with Gasteiger partial charge in [0.05, 0.1) is 24.9 Å². The summed E-state index contributed by atoms with van der Waals surface area (Å²) in [4.78, 5) is 25.4. The van der Waals surface area contributed by atoms with E-state index in [2.05, 4.69) is 16.0 Å². The Morgan fingerprint density at radius 3 is 2.84 bits per heavy atom. The van der Waals surface area contributed by atoms with E-state index in [1.165, 1.54) is 0 Å². The van der Waals surface area contributed by atoms with Gasteiger partial charge < -0.3 is 14.5 Å². The zero-order chi connectivity index (χ0) is 17.9. The van der Waals surface area contributed by atoms with Crippen molar-refractivity contribution >= 4 is 11.9 Å². The monoisotopic (exact) mass is 343 g/mol. The van der Waals surface area contributed by atoms with E-state index < -0.39 is 5.41 Å². The lowest BCUT2D eigenvalue weighted by molar-refractivity contribution is -0.148. The van der Waals surface area contributed by atoms with Crippen molar-refractivity contribution in [1.29, 1.82) is 5.26 Å². The van der Waals surface area contributed by atoms with Crippen LogP contribution in [-0.2, 0) is 9.53 Å². The van der Waals surface area contributed by atoms with Crippen LogP contribution in [0.25, 0.3) is 0 Å². The van der Waals surface area contributed by atoms with Crippen molar-refractivity contribution < 1.29 is 9.53 Å². The van der Waals surface area contributed by atoms with Crippen molar-refractivity contribution in [2.24, 2.45) is 5.41 Å². The molecule has 1 aliphatic carbocycles. The van der Waals surface area contributed by atoms with Gasteiger partial charge in [0.2, 0.25) is 11.9 Å². The van der Waals surface area contributed by atoms with E-state index in [0.29, 0.717) is 38.5 Å². The number of anilines is 1. The van der Waals surface area contributed by atoms with Crippen molar-refractivity contribution in [1.82, 2.24) is 14.9 Å². The highest BCUT2D eigenvalue weighted by Gasteiger charge is 2.43. The van der Waals surface area contributed by atoms with Gasteiger partial charge in [0.15, 0.2) is 0 Å². The second-order valence-electron chi connectivity index (χ2n) is 7.04. The van der Waals surface area contributed by atoms with Gasteiger partial charge in [-0.3, -0.25) is 4.79 Å². The molecule has 0 radical (unpaired) electrons. The number of rotatable bonds is 3. The van der Waals surface area contributed by atoms with Gasteiger partial charge in [-0.1, -0.05) is 19.3 Å². The summed E-state index contributed by atoms with van der Waals surface area (Å²) in [5, 5.41) is 9.67. The number of aromatic nitrogens is 2. The molecule has 2 aliphatic rings. The lowest BCUT2D eigenvalue weighted by Crippen LogP contribution is -2.49. The quantitative estimate of drug-likeness (QED) is 0.834. The van der Waals surface area contributed by atoms with Gasteiger partial charge in [-0.15, -0.1) is 0 Å². The van der Waals surface area contributed by atoms with E-state index in [1.54, 1.807) is 11.1 Å². The first-order valence-electron chi connectivity index (χ1n) is 8.88. The van der Waals surface area contributed by atoms with E-state index >= 15 is 0 Å². The van der Waals surface area contributed by atoms with Crippen LogP contribution < -0.4 is 4.90 Å². The third-order valence-corrected chi connectivity index (χ3v) is 5.08. The number of hydrogen-bond acceptors (Lipinski definition) is 6. The lowest BCUT2D eigenvalue weighted by Gasteiger charge is -2.39. The fourth-order valence-corrected chi connectivity index (χ4v) is 3.60. The molecule has 25 heavy (non-hydrogen) atoms. The van der Waals surface area contributed by atoms with Gasteiger partial charge in [-0.05, 0) is 18.9 Å². The SMILES string of the molecule is CN(C)c1nccc([C@H]2CN(C(=O)C3(C#N)CCCCC3)CCO2)n1. The Morgan fingerprint density at radius 1 is 1.40 bits per heavy atom. The smallest absolute Gasteiger partial charge is 0.243 e. The summed E-state index contributed by atoms with van der Waals surface area (Å²) in [6.45, 7) is 1.43. The van der Waals surface area contributed by atoms with Crippen LogP contribution in [-0.4, -0.2) is 54.6 Å². The van der Waals surface area contributed by atoms with Crippen LogP contribution in [0, 0.1) is 16.7 Å². The molecule has 0 aromatic carbocycles. The molecule has 1 aromatic heterocycles. The maximum absolute atomic E-state index is 13.1. The number of morpholine rings is 1. The number of ether oxygens (including phenoxy) is 1. The van der Waals surface area contributed by atoms with E-state index in [-0.39, 0.29) is 12.0 Å². The largest absolute Gasteiger partial charge is 0.368 e. The Labute approximate surface area is 148 Å². The van der Waals surface area contributed by atoms with Gasteiger partial charge in [0, 0.05) is 26.8 Å². The third kappa shape index (κ3) is 3.59. The number of nitriles is 1. The van der Waals surface area contributed by atoms with Crippen molar-refractivity contribution in [3.8, 4) is 6.07 Å². The van der Waals surface area contributed by atoms with Crippen LogP contribution in [0.3, 0.4) is 0 Å². The Bertz CT molecular complexity index is 664. The van der Waals surface area contributed by atoms with Gasteiger partial charge in [0.1, 0.15) is 11.5 Å². The van der Waals surface area contributed by atoms with Crippen LogP contribution in [0.15, 0.2) is 12.3 Å². The summed E-state index contributed by atoms with van der Waals surface area (Å²) in [6.07, 6.45) is 5.77. The van der Waals surface area contributed by atoms with Crippen LogP contribution in [0.1, 0.15) is 43.9 Å². The molecule has 1 saturated heterocycles. The fourth-order valence-electron chi connectivity index (χ4n) is 3.60. The number of hydrogen-bond donors (Lipinski definition) is 0. The van der Waals surface area contributed by atoms with Crippen molar-refractivity contribution in [2.45, 2.75) is 38.2 Å². The minimum absolute atomic E-state index is 0.0371. The molecule has 2 heterocycles. The molecule has 2 fully saturated rings.